The van der Waals surface area contributed by atoms with Crippen LogP contribution in [-0.4, -0.2) is 0 Å². The van der Waals surface area contributed by atoms with Crippen LogP contribution in [-0.2, 0) is 0 Å². The molecule has 1 nitrogen and oxygen atoms in total. The lowest BCUT2D eigenvalue weighted by molar-refractivity contribution is -0.0588. The van der Waals surface area contributed by atoms with Gasteiger partial charge >= 0.3 is 0 Å². The summed E-state index contributed by atoms with van der Waals surface area (Å²) in [6, 6.07) is 10.9. The molecule has 108 valence electrons. The van der Waals surface area contributed by atoms with E-state index in [9.17, 15) is 0 Å². The van der Waals surface area contributed by atoms with Crippen molar-refractivity contribution in [2.24, 2.45) is 28.9 Å². The SMILES string of the molecule is N[C@H](CCC12CC3CC(CC(C3)C1)C2)c1ccccc1. The smallest absolute Gasteiger partial charge is 0.0295 e. The van der Waals surface area contributed by atoms with Gasteiger partial charge in [-0.3, -0.25) is 0 Å². The molecule has 1 heteroatoms. The predicted molar refractivity (Wildman–Crippen MR) is 83.2 cm³/mol. The molecule has 0 heterocycles. The van der Waals surface area contributed by atoms with Gasteiger partial charge in [0.25, 0.3) is 0 Å². The average molecular weight is 269 g/mol. The number of hydrogen-bond donors (Lipinski definition) is 1. The average Bonchev–Trinajstić information content (AvgIpc) is 2.44. The van der Waals surface area contributed by atoms with Crippen LogP contribution in [0.25, 0.3) is 0 Å². The van der Waals surface area contributed by atoms with Crippen LogP contribution >= 0.6 is 0 Å². The molecule has 5 rings (SSSR count). The van der Waals surface area contributed by atoms with Crippen LogP contribution in [0.5, 0.6) is 0 Å². The third-order valence-corrected chi connectivity index (χ3v) is 6.38. The van der Waals surface area contributed by atoms with E-state index >= 15 is 0 Å². The molecule has 0 unspecified atom stereocenters. The second kappa shape index (κ2) is 4.87. The maximum absolute atomic E-state index is 6.42. The van der Waals surface area contributed by atoms with Crippen LogP contribution < -0.4 is 5.73 Å². The molecule has 0 aliphatic heterocycles. The first-order valence-corrected chi connectivity index (χ1v) is 8.53. The van der Waals surface area contributed by atoms with E-state index in [-0.39, 0.29) is 6.04 Å². The lowest BCUT2D eigenvalue weighted by Crippen LogP contribution is -2.46. The van der Waals surface area contributed by atoms with Gasteiger partial charge in [0.2, 0.25) is 0 Å². The number of benzene rings is 1. The van der Waals surface area contributed by atoms with Crippen LogP contribution in [0.3, 0.4) is 0 Å². The fraction of sp³-hybridized carbons (Fsp3) is 0.684. The highest BCUT2D eigenvalue weighted by atomic mass is 14.6. The van der Waals surface area contributed by atoms with Gasteiger partial charge < -0.3 is 5.73 Å². The Kier molecular flexibility index (Phi) is 3.14. The van der Waals surface area contributed by atoms with E-state index < -0.39 is 0 Å². The molecule has 0 radical (unpaired) electrons. The molecular formula is C19H27N. The normalized spacial score (nSPS) is 40.0. The van der Waals surface area contributed by atoms with Crippen molar-refractivity contribution in [1.82, 2.24) is 0 Å². The lowest BCUT2D eigenvalue weighted by Gasteiger charge is -2.57. The molecule has 0 aromatic heterocycles. The van der Waals surface area contributed by atoms with Gasteiger partial charge in [-0.05, 0) is 80.1 Å². The third kappa shape index (κ3) is 2.30. The molecule has 4 aliphatic carbocycles. The van der Waals surface area contributed by atoms with E-state index in [1.54, 1.807) is 19.3 Å². The highest BCUT2D eigenvalue weighted by Crippen LogP contribution is 2.61. The fourth-order valence-corrected chi connectivity index (χ4v) is 5.92. The Labute approximate surface area is 122 Å². The Hall–Kier alpha value is -0.820. The van der Waals surface area contributed by atoms with Gasteiger partial charge in [0.05, 0.1) is 0 Å². The molecule has 20 heavy (non-hydrogen) atoms. The first-order valence-electron chi connectivity index (χ1n) is 8.53. The Morgan fingerprint density at radius 1 is 0.950 bits per heavy atom. The fourth-order valence-electron chi connectivity index (χ4n) is 5.92. The zero-order chi connectivity index (χ0) is 13.6. The van der Waals surface area contributed by atoms with Crippen molar-refractivity contribution < 1.29 is 0 Å². The number of hydrogen-bond acceptors (Lipinski definition) is 1. The monoisotopic (exact) mass is 269 g/mol. The molecular weight excluding hydrogens is 242 g/mol. The molecule has 4 fully saturated rings. The third-order valence-electron chi connectivity index (χ3n) is 6.38. The van der Waals surface area contributed by atoms with Gasteiger partial charge in [0.15, 0.2) is 0 Å². The van der Waals surface area contributed by atoms with Crippen molar-refractivity contribution in [2.45, 2.75) is 57.4 Å². The molecule has 0 spiro atoms. The summed E-state index contributed by atoms with van der Waals surface area (Å²) in [5, 5.41) is 0. The van der Waals surface area contributed by atoms with Gasteiger partial charge in [0, 0.05) is 6.04 Å². The van der Waals surface area contributed by atoms with E-state index in [4.69, 9.17) is 5.73 Å². The summed E-state index contributed by atoms with van der Waals surface area (Å²) < 4.78 is 0. The van der Waals surface area contributed by atoms with Crippen LogP contribution in [0.2, 0.25) is 0 Å². The van der Waals surface area contributed by atoms with Gasteiger partial charge in [-0.1, -0.05) is 30.3 Å². The number of nitrogens with two attached hydrogens (primary N) is 1. The van der Waals surface area contributed by atoms with Gasteiger partial charge in [-0.15, -0.1) is 0 Å². The van der Waals surface area contributed by atoms with Crippen molar-refractivity contribution in [3.63, 3.8) is 0 Å². The summed E-state index contributed by atoms with van der Waals surface area (Å²) in [5.41, 5.74) is 8.42. The van der Waals surface area contributed by atoms with Crippen molar-refractivity contribution in [3.05, 3.63) is 35.9 Å². The minimum absolute atomic E-state index is 0.240. The highest BCUT2D eigenvalue weighted by Gasteiger charge is 2.50. The van der Waals surface area contributed by atoms with Crippen molar-refractivity contribution >= 4 is 0 Å². The van der Waals surface area contributed by atoms with Gasteiger partial charge in [0.1, 0.15) is 0 Å². The molecule has 0 amide bonds. The van der Waals surface area contributed by atoms with Crippen LogP contribution in [0, 0.1) is 23.2 Å². The van der Waals surface area contributed by atoms with Gasteiger partial charge in [-0.2, -0.15) is 0 Å². The second-order valence-electron chi connectivity index (χ2n) is 7.97. The standard InChI is InChI=1S/C19H27N/c20-18(17-4-2-1-3-5-17)6-7-19-11-14-8-15(12-19)10-16(9-14)13-19/h1-5,14-16,18H,6-13,20H2/t14?,15?,16?,18-,19?/m1/s1. The molecule has 4 saturated carbocycles. The molecule has 1 aromatic rings. The van der Waals surface area contributed by atoms with E-state index in [0.29, 0.717) is 5.41 Å². The molecule has 0 saturated heterocycles. The maximum Gasteiger partial charge on any atom is 0.0295 e. The van der Waals surface area contributed by atoms with E-state index in [0.717, 1.165) is 17.8 Å². The molecule has 2 N–H and O–H groups in total. The molecule has 4 bridgehead atoms. The topological polar surface area (TPSA) is 26.0 Å². The Morgan fingerprint density at radius 3 is 2.05 bits per heavy atom. The van der Waals surface area contributed by atoms with E-state index in [2.05, 4.69) is 30.3 Å². The van der Waals surface area contributed by atoms with Crippen LogP contribution in [0.15, 0.2) is 30.3 Å². The van der Waals surface area contributed by atoms with Crippen molar-refractivity contribution in [2.75, 3.05) is 0 Å². The zero-order valence-electron chi connectivity index (χ0n) is 12.4. The zero-order valence-corrected chi connectivity index (χ0v) is 12.4. The minimum Gasteiger partial charge on any atom is -0.324 e. The van der Waals surface area contributed by atoms with Crippen LogP contribution in [0.4, 0.5) is 0 Å². The van der Waals surface area contributed by atoms with E-state index in [1.165, 1.54) is 37.7 Å². The molecule has 1 atom stereocenters. The van der Waals surface area contributed by atoms with E-state index in [1.807, 2.05) is 0 Å². The van der Waals surface area contributed by atoms with Crippen molar-refractivity contribution in [3.8, 4) is 0 Å². The quantitative estimate of drug-likeness (QED) is 0.843. The van der Waals surface area contributed by atoms with Crippen LogP contribution in [0.1, 0.15) is 63.0 Å². The molecule has 4 aliphatic rings. The summed E-state index contributed by atoms with van der Waals surface area (Å²) in [6.45, 7) is 0. The Bertz CT molecular complexity index is 429. The lowest BCUT2D eigenvalue weighted by atomic mass is 9.48. The maximum atomic E-state index is 6.42. The summed E-state index contributed by atoms with van der Waals surface area (Å²) in [6.07, 6.45) is 11.7. The first-order chi connectivity index (χ1) is 9.72. The summed E-state index contributed by atoms with van der Waals surface area (Å²) in [4.78, 5) is 0. The summed E-state index contributed by atoms with van der Waals surface area (Å²) in [7, 11) is 0. The number of rotatable bonds is 4. The largest absolute Gasteiger partial charge is 0.324 e. The Morgan fingerprint density at radius 2 is 1.50 bits per heavy atom. The second-order valence-corrected chi connectivity index (χ2v) is 7.97. The molecule has 1 aromatic carbocycles. The van der Waals surface area contributed by atoms with Gasteiger partial charge in [-0.25, -0.2) is 0 Å². The first kappa shape index (κ1) is 12.9. The minimum atomic E-state index is 0.240. The summed E-state index contributed by atoms with van der Waals surface area (Å²) >= 11 is 0. The van der Waals surface area contributed by atoms with Crippen molar-refractivity contribution in [1.29, 1.82) is 0 Å². The highest BCUT2D eigenvalue weighted by molar-refractivity contribution is 5.18. The predicted octanol–water partition coefficient (Wildman–Crippen LogP) is 4.68. The Balaban J connectivity index is 1.42. The summed E-state index contributed by atoms with van der Waals surface area (Å²) in [5.74, 6) is 3.19.